The van der Waals surface area contributed by atoms with E-state index in [1.165, 1.54) is 4.57 Å². The molecule has 3 atom stereocenters. The number of aliphatic hydroxyl groups is 2. The van der Waals surface area contributed by atoms with E-state index in [0.717, 1.165) is 11.0 Å². The molecule has 3 unspecified atom stereocenters. The van der Waals surface area contributed by atoms with Crippen LogP contribution in [0.2, 0.25) is 0 Å². The van der Waals surface area contributed by atoms with E-state index in [4.69, 9.17) is 9.84 Å². The van der Waals surface area contributed by atoms with Crippen molar-refractivity contribution in [3.63, 3.8) is 0 Å². The second-order valence-electron chi connectivity index (χ2n) is 4.43. The summed E-state index contributed by atoms with van der Waals surface area (Å²) in [6.07, 6.45) is -1.62. The Labute approximate surface area is 102 Å². The van der Waals surface area contributed by atoms with Gasteiger partial charge in [0, 0.05) is 6.42 Å². The highest BCUT2D eigenvalue weighted by atomic mass is 16.5. The van der Waals surface area contributed by atoms with Crippen molar-refractivity contribution in [2.75, 3.05) is 6.61 Å². The number of ether oxygens (including phenoxy) is 1. The van der Waals surface area contributed by atoms with Gasteiger partial charge in [0.25, 0.3) is 0 Å². The molecule has 0 aliphatic carbocycles. The summed E-state index contributed by atoms with van der Waals surface area (Å²) in [5.74, 6) is 0. The number of nitrogens with zero attached hydrogens (tertiary/aromatic N) is 1. The Morgan fingerprint density at radius 3 is 2.94 bits per heavy atom. The third-order valence-corrected chi connectivity index (χ3v) is 3.30. The maximum absolute atomic E-state index is 11.9. The van der Waals surface area contributed by atoms with Gasteiger partial charge in [-0.15, -0.1) is 0 Å². The average molecular weight is 250 g/mol. The molecule has 6 nitrogen and oxygen atoms in total. The molecule has 3 rings (SSSR count). The number of aromatic amines is 1. The first-order chi connectivity index (χ1) is 8.70. The van der Waals surface area contributed by atoms with Crippen molar-refractivity contribution < 1.29 is 14.9 Å². The molecule has 1 aromatic carbocycles. The monoisotopic (exact) mass is 250 g/mol. The van der Waals surface area contributed by atoms with Crippen molar-refractivity contribution in [2.45, 2.75) is 24.9 Å². The number of imidazole rings is 1. The minimum absolute atomic E-state index is 0.255. The maximum Gasteiger partial charge on any atom is 0.328 e. The molecule has 1 aromatic heterocycles. The van der Waals surface area contributed by atoms with Crippen molar-refractivity contribution in [2.24, 2.45) is 0 Å². The Morgan fingerprint density at radius 1 is 1.44 bits per heavy atom. The summed E-state index contributed by atoms with van der Waals surface area (Å²) in [4.78, 5) is 14.6. The third-order valence-electron chi connectivity index (χ3n) is 3.30. The molecule has 96 valence electrons. The van der Waals surface area contributed by atoms with Crippen LogP contribution in [0.15, 0.2) is 29.1 Å². The lowest BCUT2D eigenvalue weighted by atomic mass is 10.2. The molecule has 18 heavy (non-hydrogen) atoms. The van der Waals surface area contributed by atoms with E-state index < -0.39 is 18.4 Å². The van der Waals surface area contributed by atoms with Crippen LogP contribution in [0.1, 0.15) is 12.6 Å². The van der Waals surface area contributed by atoms with E-state index in [9.17, 15) is 9.90 Å². The number of hydrogen-bond donors (Lipinski definition) is 3. The van der Waals surface area contributed by atoms with Crippen LogP contribution in [0.3, 0.4) is 0 Å². The van der Waals surface area contributed by atoms with Gasteiger partial charge in [0.05, 0.1) is 23.7 Å². The second-order valence-corrected chi connectivity index (χ2v) is 4.43. The van der Waals surface area contributed by atoms with Gasteiger partial charge in [0.15, 0.2) is 0 Å². The van der Waals surface area contributed by atoms with Crippen LogP contribution in [0.25, 0.3) is 11.0 Å². The Bertz CT molecular complexity index is 618. The van der Waals surface area contributed by atoms with Crippen molar-refractivity contribution in [3.05, 3.63) is 34.7 Å². The summed E-state index contributed by atoms with van der Waals surface area (Å²) in [6.45, 7) is -0.255. The van der Waals surface area contributed by atoms with Gasteiger partial charge in [-0.05, 0) is 12.1 Å². The van der Waals surface area contributed by atoms with Gasteiger partial charge in [-0.2, -0.15) is 0 Å². The first kappa shape index (κ1) is 11.5. The highest BCUT2D eigenvalue weighted by Crippen LogP contribution is 2.29. The van der Waals surface area contributed by atoms with Gasteiger partial charge in [0.2, 0.25) is 0 Å². The van der Waals surface area contributed by atoms with Crippen LogP contribution in [0.5, 0.6) is 0 Å². The molecule has 0 bridgehead atoms. The van der Waals surface area contributed by atoms with Gasteiger partial charge >= 0.3 is 5.69 Å². The van der Waals surface area contributed by atoms with E-state index in [-0.39, 0.29) is 12.3 Å². The molecule has 1 aliphatic rings. The van der Waals surface area contributed by atoms with Gasteiger partial charge in [0.1, 0.15) is 12.3 Å². The molecule has 0 saturated carbocycles. The maximum atomic E-state index is 11.9. The first-order valence-corrected chi connectivity index (χ1v) is 5.84. The Morgan fingerprint density at radius 2 is 2.22 bits per heavy atom. The summed E-state index contributed by atoms with van der Waals surface area (Å²) >= 11 is 0. The van der Waals surface area contributed by atoms with Crippen LogP contribution in [0, 0.1) is 0 Å². The fourth-order valence-electron chi connectivity index (χ4n) is 2.40. The third kappa shape index (κ3) is 1.66. The number of hydrogen-bond acceptors (Lipinski definition) is 4. The summed E-state index contributed by atoms with van der Waals surface area (Å²) in [6, 6.07) is 7.29. The predicted octanol–water partition coefficient (Wildman–Crippen LogP) is -0.0297. The summed E-state index contributed by atoms with van der Waals surface area (Å²) < 4.78 is 6.98. The molecule has 3 N–H and O–H groups in total. The zero-order valence-electron chi connectivity index (χ0n) is 9.61. The number of rotatable bonds is 2. The minimum Gasteiger partial charge on any atom is -0.394 e. The number of benzene rings is 1. The van der Waals surface area contributed by atoms with Crippen LogP contribution < -0.4 is 5.69 Å². The largest absolute Gasteiger partial charge is 0.394 e. The lowest BCUT2D eigenvalue weighted by Gasteiger charge is -2.13. The van der Waals surface area contributed by atoms with Crippen molar-refractivity contribution >= 4 is 11.0 Å². The van der Waals surface area contributed by atoms with Gasteiger partial charge < -0.3 is 19.9 Å². The molecule has 2 heterocycles. The van der Waals surface area contributed by atoms with E-state index in [1.54, 1.807) is 0 Å². The lowest BCUT2D eigenvalue weighted by Crippen LogP contribution is -2.25. The highest BCUT2D eigenvalue weighted by molar-refractivity contribution is 5.75. The van der Waals surface area contributed by atoms with Crippen LogP contribution in [-0.2, 0) is 4.74 Å². The standard InChI is InChI=1S/C12H14N2O4/c15-6-10-9(16)5-11(18-10)14-8-4-2-1-3-7(8)13-12(14)17/h1-4,9-11,15-16H,5-6H2,(H,13,17). The van der Waals surface area contributed by atoms with Crippen LogP contribution in [-0.4, -0.2) is 38.6 Å². The Hall–Kier alpha value is -1.63. The van der Waals surface area contributed by atoms with E-state index >= 15 is 0 Å². The molecular weight excluding hydrogens is 236 g/mol. The molecule has 1 saturated heterocycles. The highest BCUT2D eigenvalue weighted by Gasteiger charge is 2.35. The number of nitrogens with one attached hydrogen (secondary N) is 1. The molecule has 1 aliphatic heterocycles. The quantitative estimate of drug-likeness (QED) is 0.698. The van der Waals surface area contributed by atoms with E-state index in [0.29, 0.717) is 6.42 Å². The first-order valence-electron chi connectivity index (χ1n) is 5.84. The van der Waals surface area contributed by atoms with Crippen molar-refractivity contribution in [3.8, 4) is 0 Å². The smallest absolute Gasteiger partial charge is 0.328 e. The predicted molar refractivity (Wildman–Crippen MR) is 64.2 cm³/mol. The molecule has 0 spiro atoms. The lowest BCUT2D eigenvalue weighted by molar-refractivity contribution is -0.0440. The zero-order chi connectivity index (χ0) is 12.7. The SMILES string of the molecule is O=c1[nH]c2ccccc2n1C1CC(O)C(CO)O1. The number of para-hydroxylation sites is 2. The molecule has 2 aromatic rings. The fourth-order valence-corrected chi connectivity index (χ4v) is 2.40. The van der Waals surface area contributed by atoms with Gasteiger partial charge in [-0.1, -0.05) is 12.1 Å². The Kier molecular flexibility index (Phi) is 2.70. The Balaban J connectivity index is 2.05. The van der Waals surface area contributed by atoms with Gasteiger partial charge in [-0.3, -0.25) is 4.57 Å². The van der Waals surface area contributed by atoms with E-state index in [1.807, 2.05) is 24.3 Å². The number of fused-ring (bicyclic) bond motifs is 1. The second kappa shape index (κ2) is 4.24. The average Bonchev–Trinajstić information content (AvgIpc) is 2.88. The molecule has 0 amide bonds. The summed E-state index contributed by atoms with van der Waals surface area (Å²) in [5.41, 5.74) is 1.19. The van der Waals surface area contributed by atoms with Gasteiger partial charge in [-0.25, -0.2) is 4.79 Å². The normalized spacial score (nSPS) is 28.0. The number of aliphatic hydroxyl groups excluding tert-OH is 2. The molecular formula is C12H14N2O4. The zero-order valence-corrected chi connectivity index (χ0v) is 9.61. The number of aromatic nitrogens is 2. The summed E-state index contributed by atoms with van der Waals surface area (Å²) in [7, 11) is 0. The molecule has 1 fully saturated rings. The summed E-state index contributed by atoms with van der Waals surface area (Å²) in [5, 5.41) is 18.8. The van der Waals surface area contributed by atoms with Crippen molar-refractivity contribution in [1.29, 1.82) is 0 Å². The topological polar surface area (TPSA) is 87.5 Å². The number of H-pyrrole nitrogens is 1. The van der Waals surface area contributed by atoms with Crippen molar-refractivity contribution in [1.82, 2.24) is 9.55 Å². The fraction of sp³-hybridized carbons (Fsp3) is 0.417. The minimum atomic E-state index is -0.749. The van der Waals surface area contributed by atoms with Crippen LogP contribution in [0.4, 0.5) is 0 Å². The molecule has 6 heteroatoms. The molecule has 0 radical (unpaired) electrons. The van der Waals surface area contributed by atoms with E-state index in [2.05, 4.69) is 4.98 Å². The van der Waals surface area contributed by atoms with Crippen LogP contribution >= 0.6 is 0 Å².